The van der Waals surface area contributed by atoms with Crippen LogP contribution in [0.15, 0.2) is 191 Å². The number of fused-ring (bicyclic) bond motifs is 12. The Balaban J connectivity index is 0.776. The lowest BCUT2D eigenvalue weighted by Gasteiger charge is -2.22. The summed E-state index contributed by atoms with van der Waals surface area (Å²) in [5, 5.41) is 4.64. The van der Waals surface area contributed by atoms with Crippen molar-refractivity contribution in [2.24, 2.45) is 0 Å². The van der Waals surface area contributed by atoms with Gasteiger partial charge >= 0.3 is 0 Å². The molecule has 0 bridgehead atoms. The molecular formula is C62H42O2S2. The quantitative estimate of drug-likeness (QED) is 0.172. The summed E-state index contributed by atoms with van der Waals surface area (Å²) in [5.41, 5.74) is 21.5. The summed E-state index contributed by atoms with van der Waals surface area (Å²) in [4.78, 5) is 5.04. The number of furan rings is 2. The fourth-order valence-electron chi connectivity index (χ4n) is 11.2. The van der Waals surface area contributed by atoms with E-state index in [9.17, 15) is 0 Å². The third-order valence-electron chi connectivity index (χ3n) is 14.8. The normalized spacial score (nSPS) is 14.3. The summed E-state index contributed by atoms with van der Waals surface area (Å²) < 4.78 is 13.2. The van der Waals surface area contributed by atoms with Gasteiger partial charge in [0.1, 0.15) is 22.3 Å². The number of rotatable bonds is 5. The van der Waals surface area contributed by atoms with Crippen LogP contribution in [-0.4, -0.2) is 0 Å². The van der Waals surface area contributed by atoms with Gasteiger partial charge in [-0.1, -0.05) is 113 Å². The summed E-state index contributed by atoms with van der Waals surface area (Å²) in [5.74, 6) is 0. The van der Waals surface area contributed by atoms with Crippen molar-refractivity contribution in [1.29, 1.82) is 0 Å². The average Bonchev–Trinajstić information content (AvgIpc) is 4.21. The predicted octanol–water partition coefficient (Wildman–Crippen LogP) is 18.6. The van der Waals surface area contributed by atoms with Crippen molar-refractivity contribution in [3.63, 3.8) is 0 Å². The van der Waals surface area contributed by atoms with Gasteiger partial charge in [0.15, 0.2) is 0 Å². The first-order valence-electron chi connectivity index (χ1n) is 22.8. The van der Waals surface area contributed by atoms with Gasteiger partial charge in [-0.2, -0.15) is 0 Å². The van der Waals surface area contributed by atoms with Gasteiger partial charge in [0, 0.05) is 51.9 Å². The van der Waals surface area contributed by atoms with E-state index in [2.05, 4.69) is 210 Å². The first kappa shape index (κ1) is 38.1. The Morgan fingerprint density at radius 1 is 0.288 bits per heavy atom. The molecular weight excluding hydrogens is 841 g/mol. The molecule has 0 atom stereocenters. The molecule has 4 heterocycles. The van der Waals surface area contributed by atoms with Gasteiger partial charge in [0.25, 0.3) is 0 Å². The lowest BCUT2D eigenvalue weighted by atomic mass is 9.81. The second kappa shape index (κ2) is 13.6. The molecule has 4 heteroatoms. The Kier molecular flexibility index (Phi) is 7.87. The lowest BCUT2D eigenvalue weighted by Crippen LogP contribution is -2.15. The number of hydrogen-bond acceptors (Lipinski definition) is 4. The van der Waals surface area contributed by atoms with E-state index in [0.29, 0.717) is 0 Å². The minimum atomic E-state index is -0.136. The third kappa shape index (κ3) is 5.52. The lowest BCUT2D eigenvalue weighted by molar-refractivity contribution is 0.647. The van der Waals surface area contributed by atoms with E-state index in [1.165, 1.54) is 108 Å². The minimum absolute atomic E-state index is 0.136. The van der Waals surface area contributed by atoms with E-state index in [0.717, 1.165) is 33.1 Å². The molecule has 0 N–H and O–H groups in total. The monoisotopic (exact) mass is 882 g/mol. The van der Waals surface area contributed by atoms with E-state index in [4.69, 9.17) is 8.83 Å². The highest BCUT2D eigenvalue weighted by atomic mass is 32.1. The molecule has 2 aliphatic carbocycles. The van der Waals surface area contributed by atoms with Crippen LogP contribution in [-0.2, 0) is 10.8 Å². The largest absolute Gasteiger partial charge is 0.456 e. The molecule has 0 saturated heterocycles. The molecule has 2 nitrogen and oxygen atoms in total. The van der Waals surface area contributed by atoms with Crippen molar-refractivity contribution < 1.29 is 8.83 Å². The Labute approximate surface area is 391 Å². The molecule has 0 unspecified atom stereocenters. The van der Waals surface area contributed by atoms with Gasteiger partial charge in [-0.15, -0.1) is 22.7 Å². The molecule has 8 aromatic carbocycles. The Morgan fingerprint density at radius 3 is 1.11 bits per heavy atom. The van der Waals surface area contributed by atoms with E-state index >= 15 is 0 Å². The molecule has 0 saturated carbocycles. The number of benzene rings is 8. The van der Waals surface area contributed by atoms with Crippen LogP contribution in [0, 0.1) is 0 Å². The van der Waals surface area contributed by atoms with Crippen LogP contribution in [0.4, 0.5) is 0 Å². The van der Waals surface area contributed by atoms with Crippen LogP contribution in [0.2, 0.25) is 0 Å². The van der Waals surface area contributed by atoms with E-state index in [-0.39, 0.29) is 10.8 Å². The summed E-state index contributed by atoms with van der Waals surface area (Å²) in [6.45, 7) is 9.37. The van der Waals surface area contributed by atoms with Crippen molar-refractivity contribution >= 4 is 66.6 Å². The molecule has 0 spiro atoms. The topological polar surface area (TPSA) is 26.3 Å². The smallest absolute Gasteiger partial charge is 0.135 e. The molecule has 0 fully saturated rings. The molecule has 0 amide bonds. The van der Waals surface area contributed by atoms with Crippen LogP contribution >= 0.6 is 22.7 Å². The molecule has 14 rings (SSSR count). The van der Waals surface area contributed by atoms with Crippen LogP contribution in [0.5, 0.6) is 0 Å². The molecule has 0 radical (unpaired) electrons. The summed E-state index contributed by atoms with van der Waals surface area (Å²) >= 11 is 3.70. The molecule has 12 aromatic rings. The third-order valence-corrected chi connectivity index (χ3v) is 17.2. The zero-order valence-electron chi connectivity index (χ0n) is 37.0. The molecule has 4 aromatic heterocycles. The van der Waals surface area contributed by atoms with Crippen molar-refractivity contribution in [2.45, 2.75) is 38.5 Å². The van der Waals surface area contributed by atoms with Crippen LogP contribution in [0.1, 0.15) is 49.9 Å². The average molecular weight is 883 g/mol. The fourth-order valence-corrected chi connectivity index (χ4v) is 13.3. The van der Waals surface area contributed by atoms with E-state index < -0.39 is 0 Å². The van der Waals surface area contributed by atoms with Gasteiger partial charge < -0.3 is 8.83 Å². The highest BCUT2D eigenvalue weighted by molar-refractivity contribution is 7.25. The highest BCUT2D eigenvalue weighted by Gasteiger charge is 2.38. The Morgan fingerprint density at radius 2 is 0.667 bits per heavy atom. The Hall–Kier alpha value is -7.24. The summed E-state index contributed by atoms with van der Waals surface area (Å²) in [6, 6.07) is 67.1. The first-order chi connectivity index (χ1) is 32.2. The van der Waals surface area contributed by atoms with Gasteiger partial charge in [0.2, 0.25) is 0 Å². The number of thiophene rings is 2. The fraction of sp³-hybridized carbons (Fsp3) is 0.0968. The summed E-state index contributed by atoms with van der Waals surface area (Å²) in [6.07, 6.45) is 0. The van der Waals surface area contributed by atoms with E-state index in [1.54, 1.807) is 0 Å². The molecule has 2 aliphatic rings. The zero-order valence-corrected chi connectivity index (χ0v) is 38.6. The maximum atomic E-state index is 6.58. The second-order valence-corrected chi connectivity index (χ2v) is 21.4. The standard InChI is InChI=1S/C62H42O2S2/c1-61(2)49-29-37(35-11-7-5-8-12-35)15-19-41(49)43-31-47-45-27-39(17-21-53(45)63-55(47)33-51(43)61)57-23-25-59(65-57)60-26-24-58(66-60)40-18-22-54-46(28-40)48-32-44-42-20-16-38(36-13-9-6-10-14-36)30-50(42)62(3,4)52(44)34-56(48)64-54/h5-34H,1-4H3. The van der Waals surface area contributed by atoms with Gasteiger partial charge in [0.05, 0.1) is 0 Å². The van der Waals surface area contributed by atoms with E-state index in [1.807, 2.05) is 22.7 Å². The minimum Gasteiger partial charge on any atom is -0.456 e. The van der Waals surface area contributed by atoms with Gasteiger partial charge in [-0.3, -0.25) is 0 Å². The number of hydrogen-bond donors (Lipinski definition) is 0. The maximum Gasteiger partial charge on any atom is 0.135 e. The van der Waals surface area contributed by atoms with Crippen molar-refractivity contribution in [3.05, 3.63) is 204 Å². The Bertz CT molecular complexity index is 3720. The van der Waals surface area contributed by atoms with Crippen LogP contribution in [0.3, 0.4) is 0 Å². The highest BCUT2D eigenvalue weighted by Crippen LogP contribution is 2.54. The first-order valence-corrected chi connectivity index (χ1v) is 24.4. The molecule has 0 aliphatic heterocycles. The second-order valence-electron chi connectivity index (χ2n) is 19.2. The van der Waals surface area contributed by atoms with Crippen molar-refractivity contribution in [1.82, 2.24) is 0 Å². The SMILES string of the molecule is CC1(C)c2cc(-c3ccccc3)ccc2-c2cc3c(cc21)oc1ccc(-c2ccc(-c4ccc(-c5ccc6oc7cc8c(cc7c6c5)-c5ccc(-c6ccccc6)cc5C8(C)C)s4)s2)cc13. The molecule has 314 valence electrons. The van der Waals surface area contributed by atoms with Gasteiger partial charge in [-0.05, 0) is 175 Å². The van der Waals surface area contributed by atoms with Crippen LogP contribution < -0.4 is 0 Å². The summed E-state index contributed by atoms with van der Waals surface area (Å²) in [7, 11) is 0. The van der Waals surface area contributed by atoms with Crippen LogP contribution in [0.25, 0.3) is 119 Å². The zero-order chi connectivity index (χ0) is 44.1. The molecule has 66 heavy (non-hydrogen) atoms. The van der Waals surface area contributed by atoms with Gasteiger partial charge in [-0.25, -0.2) is 0 Å². The van der Waals surface area contributed by atoms with Crippen molar-refractivity contribution in [2.75, 3.05) is 0 Å². The van der Waals surface area contributed by atoms with Crippen molar-refractivity contribution in [3.8, 4) is 75.1 Å². The maximum absolute atomic E-state index is 6.58. The predicted molar refractivity (Wildman–Crippen MR) is 279 cm³/mol.